The average Bonchev–Trinajstić information content (AvgIpc) is 3.02. The molecule has 2 aromatic heterocycles. The Morgan fingerprint density at radius 2 is 1.88 bits per heavy atom. The van der Waals surface area contributed by atoms with Gasteiger partial charge in [0.25, 0.3) is 5.56 Å². The zero-order chi connectivity index (χ0) is 24.3. The van der Waals surface area contributed by atoms with Gasteiger partial charge in [0.2, 0.25) is 5.91 Å². The number of hydrogen-bond acceptors (Lipinski definition) is 4. The lowest BCUT2D eigenvalue weighted by molar-refractivity contribution is -0.131. The van der Waals surface area contributed by atoms with Crippen LogP contribution in [0.15, 0.2) is 23.0 Å². The Bertz CT molecular complexity index is 1220. The van der Waals surface area contributed by atoms with Crippen molar-refractivity contribution in [1.29, 1.82) is 0 Å². The highest BCUT2D eigenvalue weighted by molar-refractivity contribution is 6.42. The van der Waals surface area contributed by atoms with Crippen molar-refractivity contribution in [2.24, 2.45) is 7.05 Å². The van der Waals surface area contributed by atoms with Crippen LogP contribution < -0.4 is 5.56 Å². The van der Waals surface area contributed by atoms with Gasteiger partial charge in [0, 0.05) is 37.5 Å². The van der Waals surface area contributed by atoms with Gasteiger partial charge in [-0.05, 0) is 70.6 Å². The molecule has 3 aromatic rings. The molecule has 7 nitrogen and oxygen atoms in total. The van der Waals surface area contributed by atoms with Crippen LogP contribution in [0.2, 0.25) is 10.0 Å². The van der Waals surface area contributed by atoms with E-state index >= 15 is 0 Å². The van der Waals surface area contributed by atoms with Gasteiger partial charge in [0.05, 0.1) is 15.7 Å². The van der Waals surface area contributed by atoms with Gasteiger partial charge in [-0.1, -0.05) is 29.3 Å². The number of nitrogens with zero attached hydrogens (tertiary/aromatic N) is 4. The highest BCUT2D eigenvalue weighted by Crippen LogP contribution is 2.24. The van der Waals surface area contributed by atoms with E-state index in [1.165, 1.54) is 0 Å². The first-order valence-corrected chi connectivity index (χ1v) is 11.8. The van der Waals surface area contributed by atoms with Gasteiger partial charge in [-0.25, -0.2) is 0 Å². The summed E-state index contributed by atoms with van der Waals surface area (Å²) in [6.07, 6.45) is 1.47. The lowest BCUT2D eigenvalue weighted by atomic mass is 10.0. The quantitative estimate of drug-likeness (QED) is 0.488. The number of fused-ring (bicyclic) bond motifs is 1. The predicted octanol–water partition coefficient (Wildman–Crippen LogP) is 4.10. The number of aryl methyl sites for hydroxylation is 3. The van der Waals surface area contributed by atoms with Crippen molar-refractivity contribution in [2.75, 3.05) is 27.2 Å². The molecular formula is C24H31Cl2N5O2. The van der Waals surface area contributed by atoms with Gasteiger partial charge in [-0.2, -0.15) is 5.10 Å². The van der Waals surface area contributed by atoms with Crippen LogP contribution in [0.25, 0.3) is 11.0 Å². The van der Waals surface area contributed by atoms with Gasteiger partial charge in [-0.15, -0.1) is 0 Å². The molecule has 178 valence electrons. The lowest BCUT2D eigenvalue weighted by Crippen LogP contribution is -2.33. The van der Waals surface area contributed by atoms with Crippen molar-refractivity contribution < 1.29 is 4.79 Å². The maximum Gasteiger partial charge on any atom is 0.253 e. The maximum absolute atomic E-state index is 13.2. The van der Waals surface area contributed by atoms with Crippen molar-refractivity contribution in [2.45, 2.75) is 39.7 Å². The summed E-state index contributed by atoms with van der Waals surface area (Å²) in [6.45, 7) is 5.79. The number of aromatic amines is 1. The van der Waals surface area contributed by atoms with Crippen molar-refractivity contribution in [3.05, 3.63) is 61.0 Å². The van der Waals surface area contributed by atoms with Gasteiger partial charge >= 0.3 is 0 Å². The van der Waals surface area contributed by atoms with E-state index in [1.54, 1.807) is 16.8 Å². The maximum atomic E-state index is 13.2. The van der Waals surface area contributed by atoms with Crippen LogP contribution in [0.5, 0.6) is 0 Å². The van der Waals surface area contributed by atoms with Crippen LogP contribution in [0.1, 0.15) is 35.2 Å². The van der Waals surface area contributed by atoms with Crippen LogP contribution in [0.4, 0.5) is 0 Å². The Balaban J connectivity index is 1.79. The molecule has 0 aliphatic rings. The smallest absolute Gasteiger partial charge is 0.253 e. The molecule has 0 atom stereocenters. The second-order valence-corrected chi connectivity index (χ2v) is 9.53. The standard InChI is InChI=1S/C24H31Cl2N5O2/c1-15-18(24(33)27-23-22(15)16(2)28-30(23)5)8-10-21(32)31(12-6-11-29(3)4)14-17-7-9-19(25)20(26)13-17/h7,9,13H,6,8,10-12,14H2,1-5H3,(H,27,33). The zero-order valence-corrected chi connectivity index (χ0v) is 21.3. The largest absolute Gasteiger partial charge is 0.338 e. The van der Waals surface area contributed by atoms with E-state index < -0.39 is 0 Å². The highest BCUT2D eigenvalue weighted by Gasteiger charge is 2.19. The summed E-state index contributed by atoms with van der Waals surface area (Å²) in [4.78, 5) is 32.8. The number of nitrogens with one attached hydrogen (secondary N) is 1. The predicted molar refractivity (Wildman–Crippen MR) is 134 cm³/mol. The van der Waals surface area contributed by atoms with Crippen LogP contribution >= 0.6 is 23.2 Å². The van der Waals surface area contributed by atoms with Crippen molar-refractivity contribution in [3.8, 4) is 0 Å². The number of benzene rings is 1. The molecule has 3 rings (SSSR count). The molecule has 1 aromatic carbocycles. The number of carbonyl (C=O) groups is 1. The summed E-state index contributed by atoms with van der Waals surface area (Å²) in [5.74, 6) is 0.00151. The number of rotatable bonds is 9. The summed E-state index contributed by atoms with van der Waals surface area (Å²) in [7, 11) is 5.83. The molecule has 0 unspecified atom stereocenters. The van der Waals surface area contributed by atoms with E-state index in [4.69, 9.17) is 23.2 Å². The number of carbonyl (C=O) groups excluding carboxylic acids is 1. The summed E-state index contributed by atoms with van der Waals surface area (Å²) in [6, 6.07) is 5.43. The molecule has 0 aliphatic carbocycles. The molecule has 9 heteroatoms. The molecule has 1 amide bonds. The third-order valence-electron chi connectivity index (χ3n) is 5.89. The fourth-order valence-electron chi connectivity index (χ4n) is 4.17. The number of aromatic nitrogens is 3. The number of hydrogen-bond donors (Lipinski definition) is 1. The van der Waals surface area contributed by atoms with Crippen molar-refractivity contribution >= 4 is 40.1 Å². The third-order valence-corrected chi connectivity index (χ3v) is 6.63. The lowest BCUT2D eigenvalue weighted by Gasteiger charge is -2.24. The molecule has 0 fully saturated rings. The molecule has 0 bridgehead atoms. The minimum atomic E-state index is -0.167. The van der Waals surface area contributed by atoms with Crippen LogP contribution in [0, 0.1) is 13.8 Å². The fraction of sp³-hybridized carbons (Fsp3) is 0.458. The first-order valence-electron chi connectivity index (χ1n) is 11.0. The van der Waals surface area contributed by atoms with E-state index in [0.29, 0.717) is 40.8 Å². The second kappa shape index (κ2) is 10.7. The van der Waals surface area contributed by atoms with E-state index in [0.717, 1.165) is 35.2 Å². The van der Waals surface area contributed by atoms with Crippen LogP contribution in [-0.4, -0.2) is 57.7 Å². The van der Waals surface area contributed by atoms with E-state index in [9.17, 15) is 9.59 Å². The Morgan fingerprint density at radius 1 is 1.15 bits per heavy atom. The summed E-state index contributed by atoms with van der Waals surface area (Å²) >= 11 is 12.2. The fourth-order valence-corrected chi connectivity index (χ4v) is 4.49. The number of H-pyrrole nitrogens is 1. The van der Waals surface area contributed by atoms with Crippen molar-refractivity contribution in [3.63, 3.8) is 0 Å². The van der Waals surface area contributed by atoms with E-state index in [-0.39, 0.29) is 17.9 Å². The molecule has 0 radical (unpaired) electrons. The van der Waals surface area contributed by atoms with Crippen LogP contribution in [0.3, 0.4) is 0 Å². The monoisotopic (exact) mass is 491 g/mol. The highest BCUT2D eigenvalue weighted by atomic mass is 35.5. The number of pyridine rings is 1. The summed E-state index contributed by atoms with van der Waals surface area (Å²) in [5.41, 5.74) is 3.84. The summed E-state index contributed by atoms with van der Waals surface area (Å²) < 4.78 is 1.68. The molecule has 0 saturated carbocycles. The first kappa shape index (κ1) is 25.3. The van der Waals surface area contributed by atoms with Crippen LogP contribution in [-0.2, 0) is 24.8 Å². The molecule has 1 N–H and O–H groups in total. The van der Waals surface area contributed by atoms with Gasteiger partial charge in [0.15, 0.2) is 0 Å². The average molecular weight is 492 g/mol. The Kier molecular flexibility index (Phi) is 8.21. The second-order valence-electron chi connectivity index (χ2n) is 8.71. The van der Waals surface area contributed by atoms with Gasteiger partial charge in [0.1, 0.15) is 5.65 Å². The molecule has 0 saturated heterocycles. The van der Waals surface area contributed by atoms with E-state index in [1.807, 2.05) is 46.0 Å². The Hall–Kier alpha value is -2.35. The molecule has 2 heterocycles. The van der Waals surface area contributed by atoms with Crippen molar-refractivity contribution in [1.82, 2.24) is 24.6 Å². The normalized spacial score (nSPS) is 11.5. The Labute approximate surface area is 204 Å². The minimum absolute atomic E-state index is 0.00151. The Morgan fingerprint density at radius 3 is 2.55 bits per heavy atom. The number of halogens is 2. The van der Waals surface area contributed by atoms with Gasteiger partial charge in [-0.3, -0.25) is 14.3 Å². The summed E-state index contributed by atoms with van der Waals surface area (Å²) in [5, 5.41) is 6.31. The molecule has 0 aliphatic heterocycles. The topological polar surface area (TPSA) is 74.2 Å². The SMILES string of the molecule is Cc1nn(C)c2[nH]c(=O)c(CCC(=O)N(CCCN(C)C)Cc3ccc(Cl)c(Cl)c3)c(C)c12. The third kappa shape index (κ3) is 5.96. The van der Waals surface area contributed by atoms with Gasteiger partial charge < -0.3 is 14.8 Å². The molecule has 33 heavy (non-hydrogen) atoms. The molecular weight excluding hydrogens is 461 g/mol. The molecule has 0 spiro atoms. The number of amides is 1. The minimum Gasteiger partial charge on any atom is -0.338 e. The zero-order valence-electron chi connectivity index (χ0n) is 19.8. The van der Waals surface area contributed by atoms with E-state index in [2.05, 4.69) is 15.0 Å². The first-order chi connectivity index (χ1) is 15.6.